The first kappa shape index (κ1) is 16.5. The van der Waals surface area contributed by atoms with Gasteiger partial charge in [0, 0.05) is 17.8 Å². The zero-order valence-corrected chi connectivity index (χ0v) is 13.0. The molecule has 1 atom stereocenters. The van der Waals surface area contributed by atoms with E-state index in [1.807, 2.05) is 32.0 Å². The number of benzene rings is 2. The minimum atomic E-state index is -0.670. The first-order valence-corrected chi connectivity index (χ1v) is 7.28. The van der Waals surface area contributed by atoms with Crippen LogP contribution in [-0.2, 0) is 4.79 Å². The van der Waals surface area contributed by atoms with Gasteiger partial charge in [-0.3, -0.25) is 14.9 Å². The van der Waals surface area contributed by atoms with Gasteiger partial charge in [0.2, 0.25) is 0 Å². The Bertz CT molecular complexity index is 715. The van der Waals surface area contributed by atoms with Gasteiger partial charge < -0.3 is 10.1 Å². The van der Waals surface area contributed by atoms with Gasteiger partial charge in [0.15, 0.2) is 6.10 Å². The highest BCUT2D eigenvalue weighted by molar-refractivity contribution is 5.94. The van der Waals surface area contributed by atoms with Gasteiger partial charge in [0.05, 0.1) is 4.92 Å². The van der Waals surface area contributed by atoms with Gasteiger partial charge in [0.25, 0.3) is 11.6 Å². The summed E-state index contributed by atoms with van der Waals surface area (Å²) in [7, 11) is 0. The monoisotopic (exact) mass is 314 g/mol. The predicted molar refractivity (Wildman–Crippen MR) is 87.6 cm³/mol. The van der Waals surface area contributed by atoms with Crippen LogP contribution in [-0.4, -0.2) is 16.9 Å². The highest BCUT2D eigenvalue weighted by Crippen LogP contribution is 2.19. The normalized spacial score (nSPS) is 11.6. The van der Waals surface area contributed by atoms with Crippen molar-refractivity contribution in [1.29, 1.82) is 0 Å². The summed E-state index contributed by atoms with van der Waals surface area (Å²) in [5.41, 5.74) is 1.34. The fourth-order valence-corrected chi connectivity index (χ4v) is 2.10. The SMILES string of the molecule is CCC(Oc1cccc(C)c1)C(=O)Nc1cccc([N+](=O)[O-])c1. The number of nitrogens with one attached hydrogen (secondary N) is 1. The quantitative estimate of drug-likeness (QED) is 0.651. The maximum Gasteiger partial charge on any atom is 0.271 e. The summed E-state index contributed by atoms with van der Waals surface area (Å²) < 4.78 is 5.71. The van der Waals surface area contributed by atoms with Crippen molar-refractivity contribution in [3.05, 3.63) is 64.2 Å². The lowest BCUT2D eigenvalue weighted by molar-refractivity contribution is -0.384. The fraction of sp³-hybridized carbons (Fsp3) is 0.235. The third-order valence-electron chi connectivity index (χ3n) is 3.26. The lowest BCUT2D eigenvalue weighted by atomic mass is 10.2. The number of ether oxygens (including phenoxy) is 1. The van der Waals surface area contributed by atoms with Crippen LogP contribution in [0.2, 0.25) is 0 Å². The molecule has 0 aromatic heterocycles. The standard InChI is InChI=1S/C17H18N2O4/c1-3-16(23-15-9-4-6-12(2)10-15)17(20)18-13-7-5-8-14(11-13)19(21)22/h4-11,16H,3H2,1-2H3,(H,18,20). The molecule has 0 spiro atoms. The molecule has 2 aromatic rings. The first-order chi connectivity index (χ1) is 11.0. The van der Waals surface area contributed by atoms with Gasteiger partial charge in [-0.1, -0.05) is 25.1 Å². The van der Waals surface area contributed by atoms with Gasteiger partial charge in [-0.25, -0.2) is 0 Å². The summed E-state index contributed by atoms with van der Waals surface area (Å²) >= 11 is 0. The Labute approximate surface area is 134 Å². The van der Waals surface area contributed by atoms with E-state index in [1.165, 1.54) is 18.2 Å². The van der Waals surface area contributed by atoms with E-state index in [9.17, 15) is 14.9 Å². The van der Waals surface area contributed by atoms with Gasteiger partial charge in [-0.15, -0.1) is 0 Å². The Morgan fingerprint density at radius 2 is 2.00 bits per heavy atom. The molecule has 0 aliphatic heterocycles. The van der Waals surface area contributed by atoms with Crippen LogP contribution < -0.4 is 10.1 Å². The topological polar surface area (TPSA) is 81.5 Å². The number of carbonyl (C=O) groups is 1. The number of amides is 1. The van der Waals surface area contributed by atoms with Gasteiger partial charge in [-0.2, -0.15) is 0 Å². The maximum atomic E-state index is 12.3. The molecule has 2 aromatic carbocycles. The first-order valence-electron chi connectivity index (χ1n) is 7.28. The number of rotatable bonds is 6. The molecule has 120 valence electrons. The molecule has 0 saturated carbocycles. The number of nitrogens with zero attached hydrogens (tertiary/aromatic N) is 1. The number of carbonyl (C=O) groups excluding carboxylic acids is 1. The smallest absolute Gasteiger partial charge is 0.271 e. The average Bonchev–Trinajstić information content (AvgIpc) is 2.52. The van der Waals surface area contributed by atoms with Crippen LogP contribution in [0.1, 0.15) is 18.9 Å². The molecule has 0 radical (unpaired) electrons. The second-order valence-electron chi connectivity index (χ2n) is 5.13. The second kappa shape index (κ2) is 7.40. The summed E-state index contributed by atoms with van der Waals surface area (Å²) in [5.74, 6) is 0.278. The molecular formula is C17H18N2O4. The molecule has 23 heavy (non-hydrogen) atoms. The minimum Gasteiger partial charge on any atom is -0.481 e. The molecule has 0 aliphatic rings. The van der Waals surface area contributed by atoms with Crippen LogP contribution in [0.15, 0.2) is 48.5 Å². The Hall–Kier alpha value is -2.89. The van der Waals surface area contributed by atoms with Crippen LogP contribution in [0, 0.1) is 17.0 Å². The average molecular weight is 314 g/mol. The van der Waals surface area contributed by atoms with Crippen molar-refractivity contribution in [2.75, 3.05) is 5.32 Å². The van der Waals surface area contributed by atoms with Crippen LogP contribution in [0.3, 0.4) is 0 Å². The summed E-state index contributed by atoms with van der Waals surface area (Å²) in [4.78, 5) is 22.6. The van der Waals surface area contributed by atoms with Crippen molar-refractivity contribution in [3.8, 4) is 5.75 Å². The van der Waals surface area contributed by atoms with Crippen molar-refractivity contribution < 1.29 is 14.5 Å². The highest BCUT2D eigenvalue weighted by atomic mass is 16.6. The van der Waals surface area contributed by atoms with E-state index in [0.717, 1.165) is 5.56 Å². The fourth-order valence-electron chi connectivity index (χ4n) is 2.10. The Morgan fingerprint density at radius 1 is 1.26 bits per heavy atom. The molecule has 1 N–H and O–H groups in total. The molecule has 0 bridgehead atoms. The van der Waals surface area contributed by atoms with E-state index in [0.29, 0.717) is 17.9 Å². The van der Waals surface area contributed by atoms with E-state index in [1.54, 1.807) is 12.1 Å². The Kier molecular flexibility index (Phi) is 5.30. The number of hydrogen-bond acceptors (Lipinski definition) is 4. The number of anilines is 1. The Morgan fingerprint density at radius 3 is 2.65 bits per heavy atom. The molecule has 0 saturated heterocycles. The third kappa shape index (κ3) is 4.54. The number of non-ortho nitro benzene ring substituents is 1. The van der Waals surface area contributed by atoms with E-state index in [2.05, 4.69) is 5.32 Å². The molecule has 1 unspecified atom stereocenters. The maximum absolute atomic E-state index is 12.3. The summed E-state index contributed by atoms with van der Waals surface area (Å²) in [6.07, 6.45) is -0.189. The Balaban J connectivity index is 2.08. The van der Waals surface area contributed by atoms with E-state index in [-0.39, 0.29) is 11.6 Å². The van der Waals surface area contributed by atoms with E-state index in [4.69, 9.17) is 4.74 Å². The van der Waals surface area contributed by atoms with Crippen LogP contribution in [0.4, 0.5) is 11.4 Å². The molecule has 0 fully saturated rings. The van der Waals surface area contributed by atoms with Crippen molar-refractivity contribution in [2.24, 2.45) is 0 Å². The van der Waals surface area contributed by atoms with Crippen molar-refractivity contribution in [3.63, 3.8) is 0 Å². The number of hydrogen-bond donors (Lipinski definition) is 1. The van der Waals surface area contributed by atoms with Crippen LogP contribution in [0.25, 0.3) is 0 Å². The predicted octanol–water partition coefficient (Wildman–Crippen LogP) is 3.70. The molecule has 6 nitrogen and oxygen atoms in total. The molecule has 0 heterocycles. The number of aryl methyl sites for hydroxylation is 1. The number of nitro groups is 1. The van der Waals surface area contributed by atoms with Gasteiger partial charge in [-0.05, 0) is 37.1 Å². The lowest BCUT2D eigenvalue weighted by Gasteiger charge is -2.17. The molecular weight excluding hydrogens is 296 g/mol. The summed E-state index contributed by atoms with van der Waals surface area (Å²) in [5, 5.41) is 13.4. The minimum absolute atomic E-state index is 0.0737. The van der Waals surface area contributed by atoms with Crippen LogP contribution >= 0.6 is 0 Å². The zero-order valence-electron chi connectivity index (χ0n) is 13.0. The van der Waals surface area contributed by atoms with E-state index >= 15 is 0 Å². The third-order valence-corrected chi connectivity index (χ3v) is 3.26. The summed E-state index contributed by atoms with van der Waals surface area (Å²) in [6, 6.07) is 13.3. The summed E-state index contributed by atoms with van der Waals surface area (Å²) in [6.45, 7) is 3.78. The largest absolute Gasteiger partial charge is 0.481 e. The van der Waals surface area contributed by atoms with Crippen molar-refractivity contribution in [2.45, 2.75) is 26.4 Å². The molecule has 0 aliphatic carbocycles. The molecule has 2 rings (SSSR count). The van der Waals surface area contributed by atoms with Crippen molar-refractivity contribution in [1.82, 2.24) is 0 Å². The lowest BCUT2D eigenvalue weighted by Crippen LogP contribution is -2.32. The van der Waals surface area contributed by atoms with Crippen molar-refractivity contribution >= 4 is 17.3 Å². The van der Waals surface area contributed by atoms with Crippen LogP contribution in [0.5, 0.6) is 5.75 Å². The number of nitro benzene ring substituents is 1. The van der Waals surface area contributed by atoms with E-state index < -0.39 is 11.0 Å². The van der Waals surface area contributed by atoms with Gasteiger partial charge >= 0.3 is 0 Å². The van der Waals surface area contributed by atoms with Gasteiger partial charge in [0.1, 0.15) is 5.75 Å². The molecule has 6 heteroatoms. The second-order valence-corrected chi connectivity index (χ2v) is 5.13. The zero-order chi connectivity index (χ0) is 16.8. The highest BCUT2D eigenvalue weighted by Gasteiger charge is 2.19. The molecule has 1 amide bonds.